The summed E-state index contributed by atoms with van der Waals surface area (Å²) in [4.78, 5) is 3.02. The van der Waals surface area contributed by atoms with Crippen molar-refractivity contribution in [1.82, 2.24) is 10.3 Å². The molecule has 2 nitrogen and oxygen atoms in total. The van der Waals surface area contributed by atoms with Crippen LogP contribution in [-0.2, 0) is 0 Å². The Bertz CT molecular complexity index is 42.1. The van der Waals surface area contributed by atoms with Crippen molar-refractivity contribution >= 4 is 11.1 Å². The Hall–Kier alpha value is 0.270. The predicted octanol–water partition coefficient (Wildman–Crippen LogP) is -0.198. The van der Waals surface area contributed by atoms with E-state index in [9.17, 15) is 0 Å². The fraction of sp³-hybridized carbons (Fsp3) is 0.667. The summed E-state index contributed by atoms with van der Waals surface area (Å²) in [6, 6.07) is 0. The third-order valence-electron chi connectivity index (χ3n) is 0.744. The Balaban J connectivity index is 2.18. The first kappa shape index (κ1) is 4.43. The van der Waals surface area contributed by atoms with Gasteiger partial charge in [0.05, 0.1) is 0 Å². The van der Waals surface area contributed by atoms with Crippen LogP contribution < -0.4 is 10.3 Å². The summed E-state index contributed by atoms with van der Waals surface area (Å²) in [5, 5.41) is 0. The Kier molecular flexibility index (Phi) is 1.34. The van der Waals surface area contributed by atoms with Crippen molar-refractivity contribution in [3.05, 3.63) is 6.26 Å². The molecule has 0 aromatic carbocycles. The number of hydrazine groups is 1. The Morgan fingerprint density at radius 3 is 2.67 bits per heavy atom. The van der Waals surface area contributed by atoms with Gasteiger partial charge in [0.15, 0.2) is 0 Å². The van der Waals surface area contributed by atoms with Crippen molar-refractivity contribution < 1.29 is 0 Å². The van der Waals surface area contributed by atoms with Crippen molar-refractivity contribution in [1.29, 1.82) is 0 Å². The second-order valence-electron chi connectivity index (χ2n) is 1.30. The van der Waals surface area contributed by atoms with Gasteiger partial charge in [0, 0.05) is 12.3 Å². The van der Waals surface area contributed by atoms with Crippen molar-refractivity contribution in [2.45, 2.75) is 0 Å². The largest absolute Gasteiger partial charge is 0.249 e. The topological polar surface area (TPSA) is 24.1 Å². The van der Waals surface area contributed by atoms with Gasteiger partial charge in [-0.15, -0.1) is 0 Å². The highest BCUT2D eigenvalue weighted by molar-refractivity contribution is 8.16. The van der Waals surface area contributed by atoms with E-state index in [1.54, 1.807) is 0 Å². The lowest BCUT2D eigenvalue weighted by Gasteiger charge is -2.01. The van der Waals surface area contributed by atoms with E-state index >= 15 is 0 Å². The predicted molar refractivity (Wildman–Crippen MR) is 30.3 cm³/mol. The van der Waals surface area contributed by atoms with Crippen LogP contribution in [0.3, 0.4) is 0 Å². The molecular formula is C3H9N2S. The first-order chi connectivity index (χ1) is 2.89. The molecule has 1 heterocycles. The van der Waals surface area contributed by atoms with Gasteiger partial charge in [-0.1, -0.05) is 0 Å². The molecule has 37 valence electrons. The molecule has 0 aromatic rings. The van der Waals surface area contributed by atoms with E-state index in [1.165, 1.54) is 5.75 Å². The Morgan fingerprint density at radius 2 is 2.50 bits per heavy atom. The fourth-order valence-electron chi connectivity index (χ4n) is 0.414. The average molecular weight is 105 g/mol. The zero-order chi connectivity index (χ0) is 4.41. The van der Waals surface area contributed by atoms with Gasteiger partial charge in [0.25, 0.3) is 0 Å². The highest BCUT2D eigenvalue weighted by Gasteiger charge is 2.00. The highest BCUT2D eigenvalue weighted by atomic mass is 32.2. The van der Waals surface area contributed by atoms with Crippen LogP contribution in [0, 0.1) is 6.26 Å². The fourth-order valence-corrected chi connectivity index (χ4v) is 1.24. The summed E-state index contributed by atoms with van der Waals surface area (Å²) in [7, 11) is 0. The number of hydrogen-bond donors (Lipinski definition) is 3. The van der Waals surface area contributed by atoms with Crippen molar-refractivity contribution in [2.24, 2.45) is 0 Å². The van der Waals surface area contributed by atoms with Gasteiger partial charge in [-0.2, -0.15) is 11.1 Å². The summed E-state index contributed by atoms with van der Waals surface area (Å²) in [5.74, 6) is 1.22. The van der Waals surface area contributed by atoms with Gasteiger partial charge in [-0.05, 0) is 6.26 Å². The Morgan fingerprint density at radius 1 is 1.67 bits per heavy atom. The molecule has 1 fully saturated rings. The van der Waals surface area contributed by atoms with Gasteiger partial charge in [0.2, 0.25) is 0 Å². The van der Waals surface area contributed by atoms with Gasteiger partial charge in [-0.25, -0.2) is 10.3 Å². The Labute approximate surface area is 40.8 Å². The monoisotopic (exact) mass is 105 g/mol. The summed E-state index contributed by atoms with van der Waals surface area (Å²) < 4.78 is 0. The lowest BCUT2D eigenvalue weighted by molar-refractivity contribution is 0.764. The van der Waals surface area contributed by atoms with E-state index in [0.717, 1.165) is 6.54 Å². The van der Waals surface area contributed by atoms with E-state index in [4.69, 9.17) is 0 Å². The molecule has 0 saturated carbocycles. The molecule has 0 aliphatic carbocycles. The molecule has 6 heavy (non-hydrogen) atoms. The quantitative estimate of drug-likeness (QED) is 0.372. The minimum atomic E-state index is -0.0761. The normalized spacial score (nSPS) is 40.5. The second-order valence-corrected chi connectivity index (χ2v) is 3.05. The van der Waals surface area contributed by atoms with Crippen LogP contribution in [0.5, 0.6) is 0 Å². The second kappa shape index (κ2) is 1.82. The van der Waals surface area contributed by atoms with E-state index in [-0.39, 0.29) is 11.1 Å². The summed E-state index contributed by atoms with van der Waals surface area (Å²) in [6.45, 7) is 1.09. The summed E-state index contributed by atoms with van der Waals surface area (Å²) in [6.07, 6.45) is 3.83. The lowest BCUT2D eigenvalue weighted by Crippen LogP contribution is -2.18. The number of hydrogen-bond acceptors (Lipinski definition) is 2. The molecule has 1 aliphatic heterocycles. The van der Waals surface area contributed by atoms with E-state index in [1.807, 2.05) is 0 Å². The molecule has 0 amide bonds. The van der Waals surface area contributed by atoms with Crippen LogP contribution in [0.1, 0.15) is 0 Å². The number of thiol groups is 1. The van der Waals surface area contributed by atoms with Gasteiger partial charge in [-0.3, -0.25) is 0 Å². The van der Waals surface area contributed by atoms with E-state index in [2.05, 4.69) is 16.5 Å². The zero-order valence-electron chi connectivity index (χ0n) is 3.57. The maximum absolute atomic E-state index is 3.83. The molecule has 0 bridgehead atoms. The van der Waals surface area contributed by atoms with Gasteiger partial charge >= 0.3 is 0 Å². The van der Waals surface area contributed by atoms with Crippen LogP contribution >= 0.6 is 11.1 Å². The van der Waals surface area contributed by atoms with Gasteiger partial charge in [0.1, 0.15) is 0 Å². The molecule has 2 N–H and O–H groups in total. The number of nitrogens with one attached hydrogen (secondary N) is 2. The van der Waals surface area contributed by atoms with Crippen LogP contribution in [0.25, 0.3) is 0 Å². The smallest absolute Gasteiger partial charge is 0.0194 e. The minimum absolute atomic E-state index is 0.0761. The first-order valence-electron chi connectivity index (χ1n) is 1.96. The maximum atomic E-state index is 3.83. The van der Waals surface area contributed by atoms with Crippen LogP contribution in [0.4, 0.5) is 0 Å². The minimum Gasteiger partial charge on any atom is -0.249 e. The van der Waals surface area contributed by atoms with Crippen molar-refractivity contribution in [3.8, 4) is 0 Å². The molecule has 0 spiro atoms. The third kappa shape index (κ3) is 0.864. The molecule has 0 aromatic heterocycles. The molecule has 1 unspecified atom stereocenters. The van der Waals surface area contributed by atoms with Gasteiger partial charge < -0.3 is 0 Å². The summed E-state index contributed by atoms with van der Waals surface area (Å²) in [5.41, 5.74) is 2.99. The zero-order valence-corrected chi connectivity index (χ0v) is 4.46. The molecule has 3 heteroatoms. The van der Waals surface area contributed by atoms with Crippen LogP contribution in [-0.4, -0.2) is 12.3 Å². The number of rotatable bonds is 0. The van der Waals surface area contributed by atoms with E-state index < -0.39 is 0 Å². The van der Waals surface area contributed by atoms with Crippen molar-refractivity contribution in [2.75, 3.05) is 12.3 Å². The summed E-state index contributed by atoms with van der Waals surface area (Å²) >= 11 is -0.0761. The lowest BCUT2D eigenvalue weighted by atomic mass is 10.8. The standard InChI is InChI=1S/C3H9N2S/c1-6-3-2-4-5-6/h4-6H,1-3H2. The highest BCUT2D eigenvalue weighted by Crippen LogP contribution is 2.16. The molecule has 1 radical (unpaired) electrons. The SMILES string of the molecule is [CH2][SH]1CCNN1. The maximum Gasteiger partial charge on any atom is 0.0194 e. The van der Waals surface area contributed by atoms with Crippen LogP contribution in [0.15, 0.2) is 0 Å². The first-order valence-corrected chi connectivity index (χ1v) is 3.67. The molecule has 1 rings (SSSR count). The average Bonchev–Trinajstić information content (AvgIpc) is 1.86. The molecule has 1 atom stereocenters. The van der Waals surface area contributed by atoms with Crippen LogP contribution in [0.2, 0.25) is 0 Å². The molecule has 1 saturated heterocycles. The van der Waals surface area contributed by atoms with Crippen molar-refractivity contribution in [3.63, 3.8) is 0 Å². The molecular weight excluding hydrogens is 96.1 g/mol. The third-order valence-corrected chi connectivity index (χ3v) is 1.98. The molecule has 1 aliphatic rings. The van der Waals surface area contributed by atoms with E-state index in [0.29, 0.717) is 0 Å².